The second-order valence-electron chi connectivity index (χ2n) is 3.92. The third-order valence-corrected chi connectivity index (χ3v) is 2.82. The van der Waals surface area contributed by atoms with Crippen molar-refractivity contribution in [1.82, 2.24) is 0 Å². The van der Waals surface area contributed by atoms with E-state index in [4.69, 9.17) is 9.52 Å². The maximum atomic E-state index is 11.8. The van der Waals surface area contributed by atoms with Crippen LogP contribution in [0.15, 0.2) is 34.9 Å². The molecule has 2 N–H and O–H groups in total. The number of rotatable bonds is 4. The molecular weight excluding hydrogens is 218 g/mol. The van der Waals surface area contributed by atoms with Crippen LogP contribution in [0.1, 0.15) is 13.3 Å². The van der Waals surface area contributed by atoms with E-state index in [2.05, 4.69) is 5.32 Å². The minimum absolute atomic E-state index is 0.141. The van der Waals surface area contributed by atoms with Gasteiger partial charge >= 0.3 is 0 Å². The van der Waals surface area contributed by atoms with Crippen LogP contribution in [0, 0.1) is 5.92 Å². The number of benzene rings is 1. The highest BCUT2D eigenvalue weighted by Crippen LogP contribution is 2.25. The Balaban J connectivity index is 2.21. The summed E-state index contributed by atoms with van der Waals surface area (Å²) < 4.78 is 5.32. The molecule has 0 saturated heterocycles. The van der Waals surface area contributed by atoms with Crippen LogP contribution in [0.4, 0.5) is 5.69 Å². The number of aliphatic hydroxyl groups is 1. The van der Waals surface area contributed by atoms with Gasteiger partial charge in [-0.1, -0.05) is 19.1 Å². The molecule has 0 aliphatic heterocycles. The van der Waals surface area contributed by atoms with Gasteiger partial charge in [-0.05, 0) is 18.6 Å². The average molecular weight is 233 g/mol. The number of amides is 1. The smallest absolute Gasteiger partial charge is 0.229 e. The van der Waals surface area contributed by atoms with Crippen molar-refractivity contribution in [1.29, 1.82) is 0 Å². The summed E-state index contributed by atoms with van der Waals surface area (Å²) >= 11 is 0. The first-order chi connectivity index (χ1) is 8.26. The third-order valence-electron chi connectivity index (χ3n) is 2.82. The number of furan rings is 1. The second-order valence-corrected chi connectivity index (χ2v) is 3.92. The van der Waals surface area contributed by atoms with Crippen LogP contribution in [0.3, 0.4) is 0 Å². The quantitative estimate of drug-likeness (QED) is 0.852. The Labute approximate surface area is 99.2 Å². The Morgan fingerprint density at radius 2 is 2.24 bits per heavy atom. The molecule has 1 atom stereocenters. The Morgan fingerprint density at radius 1 is 1.47 bits per heavy atom. The molecule has 0 bridgehead atoms. The fourth-order valence-corrected chi connectivity index (χ4v) is 1.71. The van der Waals surface area contributed by atoms with Crippen LogP contribution < -0.4 is 5.32 Å². The van der Waals surface area contributed by atoms with Gasteiger partial charge in [-0.25, -0.2) is 0 Å². The van der Waals surface area contributed by atoms with Crippen molar-refractivity contribution < 1.29 is 14.3 Å². The van der Waals surface area contributed by atoms with Crippen LogP contribution >= 0.6 is 0 Å². The van der Waals surface area contributed by atoms with Gasteiger partial charge in [-0.3, -0.25) is 4.79 Å². The van der Waals surface area contributed by atoms with E-state index >= 15 is 0 Å². The molecule has 4 nitrogen and oxygen atoms in total. The summed E-state index contributed by atoms with van der Waals surface area (Å²) in [4.78, 5) is 11.8. The maximum absolute atomic E-state index is 11.8. The molecule has 1 heterocycles. The molecule has 0 radical (unpaired) electrons. The van der Waals surface area contributed by atoms with E-state index in [1.54, 1.807) is 0 Å². The van der Waals surface area contributed by atoms with E-state index < -0.39 is 0 Å². The summed E-state index contributed by atoms with van der Waals surface area (Å²) in [5, 5.41) is 12.7. The lowest BCUT2D eigenvalue weighted by Crippen LogP contribution is -2.24. The summed E-state index contributed by atoms with van der Waals surface area (Å²) in [6, 6.07) is 7.49. The second kappa shape index (κ2) is 5.01. The Kier molecular flexibility index (Phi) is 3.44. The first-order valence-electron chi connectivity index (χ1n) is 5.64. The summed E-state index contributed by atoms with van der Waals surface area (Å²) in [5.74, 6) is -0.551. The first kappa shape index (κ1) is 11.7. The van der Waals surface area contributed by atoms with Crippen LogP contribution in [-0.2, 0) is 4.79 Å². The van der Waals surface area contributed by atoms with Gasteiger partial charge in [0.1, 0.15) is 11.8 Å². The number of hydrogen-bond donors (Lipinski definition) is 2. The topological polar surface area (TPSA) is 62.5 Å². The van der Waals surface area contributed by atoms with Crippen molar-refractivity contribution in [3.63, 3.8) is 0 Å². The standard InChI is InChI=1S/C13H15NO3/c1-2-9(7-15)13(16)14-11-8-17-12-6-4-3-5-10(11)12/h3-6,8-9,15H,2,7H2,1H3,(H,14,16). The van der Waals surface area contributed by atoms with Crippen LogP contribution in [0.5, 0.6) is 0 Å². The largest absolute Gasteiger partial charge is 0.462 e. The van der Waals surface area contributed by atoms with Gasteiger partial charge in [0.25, 0.3) is 0 Å². The molecule has 0 spiro atoms. The fourth-order valence-electron chi connectivity index (χ4n) is 1.71. The molecule has 1 aromatic heterocycles. The monoisotopic (exact) mass is 233 g/mol. The van der Waals surface area contributed by atoms with E-state index in [0.29, 0.717) is 12.1 Å². The van der Waals surface area contributed by atoms with Gasteiger partial charge in [0.05, 0.1) is 18.2 Å². The maximum Gasteiger partial charge on any atom is 0.229 e. The summed E-state index contributed by atoms with van der Waals surface area (Å²) in [5.41, 5.74) is 1.39. The van der Waals surface area contributed by atoms with Crippen molar-refractivity contribution in [2.45, 2.75) is 13.3 Å². The lowest BCUT2D eigenvalue weighted by Gasteiger charge is -2.10. The summed E-state index contributed by atoms with van der Waals surface area (Å²) in [6.45, 7) is 1.73. The lowest BCUT2D eigenvalue weighted by molar-refractivity contribution is -0.121. The average Bonchev–Trinajstić information content (AvgIpc) is 2.74. The minimum Gasteiger partial charge on any atom is -0.462 e. The number of carbonyl (C=O) groups excluding carboxylic acids is 1. The van der Waals surface area contributed by atoms with Crippen LogP contribution in [0.2, 0.25) is 0 Å². The number of carbonyl (C=O) groups is 1. The number of fused-ring (bicyclic) bond motifs is 1. The van der Waals surface area contributed by atoms with E-state index in [9.17, 15) is 4.79 Å². The number of para-hydroxylation sites is 1. The molecular formula is C13H15NO3. The Morgan fingerprint density at radius 3 is 2.94 bits per heavy atom. The van der Waals surface area contributed by atoms with Crippen molar-refractivity contribution >= 4 is 22.6 Å². The molecule has 17 heavy (non-hydrogen) atoms. The first-order valence-corrected chi connectivity index (χ1v) is 5.64. The molecule has 0 fully saturated rings. The SMILES string of the molecule is CCC(CO)C(=O)Nc1coc2ccccc12. The van der Waals surface area contributed by atoms with E-state index in [1.165, 1.54) is 6.26 Å². The third kappa shape index (κ3) is 2.31. The highest BCUT2D eigenvalue weighted by molar-refractivity contribution is 6.01. The number of aliphatic hydroxyl groups excluding tert-OH is 1. The van der Waals surface area contributed by atoms with Crippen molar-refractivity contribution in [3.05, 3.63) is 30.5 Å². The highest BCUT2D eigenvalue weighted by Gasteiger charge is 2.17. The van der Waals surface area contributed by atoms with E-state index in [1.807, 2.05) is 31.2 Å². The normalized spacial score (nSPS) is 12.6. The predicted molar refractivity (Wildman–Crippen MR) is 65.7 cm³/mol. The van der Waals surface area contributed by atoms with Gasteiger partial charge in [-0.2, -0.15) is 0 Å². The molecule has 0 saturated carbocycles. The molecule has 1 unspecified atom stereocenters. The molecule has 2 rings (SSSR count). The van der Waals surface area contributed by atoms with Crippen molar-refractivity contribution in [2.75, 3.05) is 11.9 Å². The summed E-state index contributed by atoms with van der Waals surface area (Å²) in [6.07, 6.45) is 2.13. The van der Waals surface area contributed by atoms with Crippen LogP contribution in [0.25, 0.3) is 11.0 Å². The zero-order valence-corrected chi connectivity index (χ0v) is 9.64. The van der Waals surface area contributed by atoms with E-state index in [-0.39, 0.29) is 18.4 Å². The number of nitrogens with one attached hydrogen (secondary N) is 1. The molecule has 2 aromatic rings. The van der Waals surface area contributed by atoms with Crippen LogP contribution in [-0.4, -0.2) is 17.6 Å². The van der Waals surface area contributed by atoms with Gasteiger partial charge < -0.3 is 14.8 Å². The Bertz CT molecular complexity index is 514. The molecule has 1 aromatic carbocycles. The molecule has 0 aliphatic carbocycles. The Hall–Kier alpha value is -1.81. The van der Waals surface area contributed by atoms with Crippen molar-refractivity contribution in [3.8, 4) is 0 Å². The zero-order chi connectivity index (χ0) is 12.3. The zero-order valence-electron chi connectivity index (χ0n) is 9.64. The van der Waals surface area contributed by atoms with Gasteiger partial charge in [0.2, 0.25) is 5.91 Å². The highest BCUT2D eigenvalue weighted by atomic mass is 16.3. The predicted octanol–water partition coefficient (Wildman–Crippen LogP) is 2.39. The molecule has 4 heteroatoms. The molecule has 90 valence electrons. The number of hydrogen-bond acceptors (Lipinski definition) is 3. The van der Waals surface area contributed by atoms with E-state index in [0.717, 1.165) is 11.0 Å². The molecule has 1 amide bonds. The molecule has 0 aliphatic rings. The number of anilines is 1. The minimum atomic E-state index is -0.372. The summed E-state index contributed by atoms with van der Waals surface area (Å²) in [7, 11) is 0. The van der Waals surface area contributed by atoms with Gasteiger partial charge in [0, 0.05) is 5.39 Å². The van der Waals surface area contributed by atoms with Gasteiger partial charge in [-0.15, -0.1) is 0 Å². The lowest BCUT2D eigenvalue weighted by atomic mass is 10.1. The van der Waals surface area contributed by atoms with Crippen molar-refractivity contribution in [2.24, 2.45) is 5.92 Å². The fraction of sp³-hybridized carbons (Fsp3) is 0.308. The van der Waals surface area contributed by atoms with Gasteiger partial charge in [0.15, 0.2) is 0 Å².